The lowest BCUT2D eigenvalue weighted by Gasteiger charge is -2.57. The van der Waals surface area contributed by atoms with E-state index in [0.717, 1.165) is 68.1 Å². The summed E-state index contributed by atoms with van der Waals surface area (Å²) < 4.78 is 14.7. The van der Waals surface area contributed by atoms with Crippen molar-refractivity contribution in [2.75, 3.05) is 36.4 Å². The minimum atomic E-state index is -0.363. The van der Waals surface area contributed by atoms with Gasteiger partial charge < -0.3 is 10.2 Å². The summed E-state index contributed by atoms with van der Waals surface area (Å²) in [6.45, 7) is 8.97. The second kappa shape index (κ2) is 9.69. The van der Waals surface area contributed by atoms with E-state index in [1.165, 1.54) is 29.1 Å². The van der Waals surface area contributed by atoms with Crippen molar-refractivity contribution < 1.29 is 4.39 Å². The van der Waals surface area contributed by atoms with E-state index in [4.69, 9.17) is 9.97 Å². The van der Waals surface area contributed by atoms with Gasteiger partial charge in [0.2, 0.25) is 5.95 Å². The Morgan fingerprint density at radius 1 is 1.03 bits per heavy atom. The minimum Gasteiger partial charge on any atom is -0.339 e. The topological polar surface area (TPSA) is 107 Å². The normalized spacial score (nSPS) is 23.3. The van der Waals surface area contributed by atoms with Crippen molar-refractivity contribution in [2.24, 2.45) is 0 Å². The van der Waals surface area contributed by atoms with Crippen LogP contribution in [-0.4, -0.2) is 89.0 Å². The Balaban J connectivity index is 0.952. The van der Waals surface area contributed by atoms with E-state index < -0.39 is 0 Å². The third-order valence-corrected chi connectivity index (χ3v) is 8.10. The van der Waals surface area contributed by atoms with Crippen molar-refractivity contribution in [3.05, 3.63) is 65.6 Å². The molecule has 2 N–H and O–H groups in total. The van der Waals surface area contributed by atoms with Gasteiger partial charge in [-0.15, -0.1) is 0 Å². The van der Waals surface area contributed by atoms with E-state index in [2.05, 4.69) is 46.4 Å². The lowest BCUT2D eigenvalue weighted by atomic mass is 9.86. The molecule has 0 amide bonds. The number of piperazine rings is 1. The van der Waals surface area contributed by atoms with Gasteiger partial charge in [0.05, 0.1) is 12.4 Å². The maximum absolute atomic E-state index is 13.3. The lowest BCUT2D eigenvalue weighted by molar-refractivity contribution is -0.0850. The summed E-state index contributed by atoms with van der Waals surface area (Å²) in [4.78, 5) is 21.6. The third-order valence-electron chi connectivity index (χ3n) is 8.10. The second-order valence-corrected chi connectivity index (χ2v) is 10.9. The van der Waals surface area contributed by atoms with Crippen LogP contribution in [0.4, 0.5) is 22.0 Å². The van der Waals surface area contributed by atoms with Gasteiger partial charge >= 0.3 is 0 Å². The second-order valence-electron chi connectivity index (χ2n) is 10.9. The molecule has 12 heteroatoms. The SMILES string of the molecule is Cc1cc(Nc2cc(C)[nH]n2)nc(N2CCC(N3CC4CC(C3)N4Cc3ccc(-n4cc(F)cn4)nc3)C2)n1. The van der Waals surface area contributed by atoms with E-state index >= 15 is 0 Å². The molecule has 0 aromatic carbocycles. The van der Waals surface area contributed by atoms with Crippen LogP contribution in [0.3, 0.4) is 0 Å². The fourth-order valence-corrected chi connectivity index (χ4v) is 6.15. The van der Waals surface area contributed by atoms with Crippen LogP contribution in [0.25, 0.3) is 5.82 Å². The van der Waals surface area contributed by atoms with Crippen molar-refractivity contribution in [1.29, 1.82) is 0 Å². The molecule has 3 unspecified atom stereocenters. The number of pyridine rings is 1. The van der Waals surface area contributed by atoms with Crippen LogP contribution in [0.5, 0.6) is 0 Å². The highest BCUT2D eigenvalue weighted by atomic mass is 19.1. The Hall–Kier alpha value is -3.90. The Morgan fingerprint density at radius 3 is 2.62 bits per heavy atom. The van der Waals surface area contributed by atoms with Crippen molar-refractivity contribution in [3.8, 4) is 5.82 Å². The van der Waals surface area contributed by atoms with Gasteiger partial charge in [-0.2, -0.15) is 15.2 Å². The lowest BCUT2D eigenvalue weighted by Crippen LogP contribution is -2.69. The maximum atomic E-state index is 13.3. The molecular weight excluding hydrogens is 497 g/mol. The molecule has 39 heavy (non-hydrogen) atoms. The zero-order chi connectivity index (χ0) is 26.5. The first-order valence-electron chi connectivity index (χ1n) is 13.5. The average molecular weight is 530 g/mol. The molecule has 8 heterocycles. The quantitative estimate of drug-likeness (QED) is 0.374. The molecule has 4 aliphatic rings. The van der Waals surface area contributed by atoms with Crippen LogP contribution >= 0.6 is 0 Å². The number of rotatable bonds is 7. The fraction of sp³-hybridized carbons (Fsp3) is 0.444. The van der Waals surface area contributed by atoms with Gasteiger partial charge in [0.15, 0.2) is 17.5 Å². The molecule has 4 aromatic rings. The van der Waals surface area contributed by atoms with Crippen LogP contribution in [0, 0.1) is 19.7 Å². The summed E-state index contributed by atoms with van der Waals surface area (Å²) in [5.74, 6) is 2.57. The van der Waals surface area contributed by atoms with Gasteiger partial charge in [-0.1, -0.05) is 6.07 Å². The van der Waals surface area contributed by atoms with E-state index in [9.17, 15) is 4.39 Å². The number of piperidine rings is 1. The maximum Gasteiger partial charge on any atom is 0.227 e. The molecule has 0 radical (unpaired) electrons. The number of aromatic nitrogens is 7. The highest BCUT2D eigenvalue weighted by Crippen LogP contribution is 2.36. The van der Waals surface area contributed by atoms with Gasteiger partial charge in [0.1, 0.15) is 5.82 Å². The summed E-state index contributed by atoms with van der Waals surface area (Å²) in [6.07, 6.45) is 6.79. The Labute approximate surface area is 226 Å². The zero-order valence-electron chi connectivity index (χ0n) is 22.1. The average Bonchev–Trinajstić information content (AvgIpc) is 3.69. The number of hydrogen-bond acceptors (Lipinski definition) is 9. The molecule has 4 saturated heterocycles. The first-order valence-corrected chi connectivity index (χ1v) is 13.5. The molecule has 8 rings (SSSR count). The summed E-state index contributed by atoms with van der Waals surface area (Å²) in [7, 11) is 0. The van der Waals surface area contributed by atoms with E-state index in [1.807, 2.05) is 38.2 Å². The molecule has 202 valence electrons. The standard InChI is InChI=1S/C27H32FN11/c1-17-7-24(32-25-8-18(2)34-35-25)33-27(31-17)36-6-5-21(14-36)37-15-22-9-23(16-37)38(22)12-19-3-4-26(29-10-19)39-13-20(28)11-30-39/h3-4,7-8,10-11,13,21-23H,5-6,9,12,14-16H2,1-2H3,(H2,31,32,33,34,35). The zero-order valence-corrected chi connectivity index (χ0v) is 22.1. The van der Waals surface area contributed by atoms with Crippen molar-refractivity contribution in [3.63, 3.8) is 0 Å². The molecule has 4 fully saturated rings. The Morgan fingerprint density at radius 2 is 1.90 bits per heavy atom. The number of fused-ring (bicyclic) bond motifs is 2. The number of halogens is 1. The number of aryl methyl sites for hydroxylation is 2. The summed E-state index contributed by atoms with van der Waals surface area (Å²) in [6, 6.07) is 9.54. The number of nitrogens with zero attached hydrogens (tertiary/aromatic N) is 9. The molecular formula is C27H32FN11. The van der Waals surface area contributed by atoms with Crippen LogP contribution in [0.2, 0.25) is 0 Å². The van der Waals surface area contributed by atoms with Crippen LogP contribution in [0.15, 0.2) is 42.9 Å². The number of nitrogens with one attached hydrogen (secondary N) is 2. The highest BCUT2D eigenvalue weighted by Gasteiger charge is 2.46. The van der Waals surface area contributed by atoms with Crippen molar-refractivity contribution in [1.82, 2.24) is 44.7 Å². The van der Waals surface area contributed by atoms with Gasteiger partial charge in [0, 0.05) is 80.6 Å². The summed E-state index contributed by atoms with van der Waals surface area (Å²) in [5.41, 5.74) is 3.11. The van der Waals surface area contributed by atoms with Gasteiger partial charge in [-0.3, -0.25) is 14.9 Å². The first kappa shape index (κ1) is 24.2. The molecule has 0 aliphatic carbocycles. The summed E-state index contributed by atoms with van der Waals surface area (Å²) >= 11 is 0. The smallest absolute Gasteiger partial charge is 0.227 e. The molecule has 11 nitrogen and oxygen atoms in total. The van der Waals surface area contributed by atoms with Gasteiger partial charge in [-0.25, -0.2) is 19.0 Å². The van der Waals surface area contributed by atoms with Gasteiger partial charge in [0.25, 0.3) is 0 Å². The van der Waals surface area contributed by atoms with Crippen LogP contribution < -0.4 is 10.2 Å². The minimum absolute atomic E-state index is 0.363. The van der Waals surface area contributed by atoms with Crippen molar-refractivity contribution >= 4 is 17.6 Å². The van der Waals surface area contributed by atoms with Crippen molar-refractivity contribution in [2.45, 2.75) is 51.4 Å². The number of H-pyrrole nitrogens is 1. The number of hydrogen-bond donors (Lipinski definition) is 2. The molecule has 4 aromatic heterocycles. The summed E-state index contributed by atoms with van der Waals surface area (Å²) in [5, 5.41) is 14.5. The fourth-order valence-electron chi connectivity index (χ4n) is 6.15. The number of aromatic amines is 1. The molecule has 4 aliphatic heterocycles. The molecule has 0 spiro atoms. The monoisotopic (exact) mass is 529 g/mol. The van der Waals surface area contributed by atoms with E-state index in [1.54, 1.807) is 0 Å². The number of anilines is 3. The Kier molecular flexibility index (Phi) is 6.00. The van der Waals surface area contributed by atoms with E-state index in [0.29, 0.717) is 23.9 Å². The predicted molar refractivity (Wildman–Crippen MR) is 145 cm³/mol. The predicted octanol–water partition coefficient (Wildman–Crippen LogP) is 2.82. The largest absolute Gasteiger partial charge is 0.339 e. The molecule has 3 atom stereocenters. The molecule has 2 bridgehead atoms. The van der Waals surface area contributed by atoms with E-state index in [-0.39, 0.29) is 5.82 Å². The Bertz CT molecular complexity index is 1450. The van der Waals surface area contributed by atoms with Crippen LogP contribution in [-0.2, 0) is 6.54 Å². The van der Waals surface area contributed by atoms with Crippen LogP contribution in [0.1, 0.15) is 29.8 Å². The molecule has 0 saturated carbocycles. The highest BCUT2D eigenvalue weighted by molar-refractivity contribution is 5.54. The van der Waals surface area contributed by atoms with Gasteiger partial charge in [-0.05, 0) is 38.3 Å². The third kappa shape index (κ3) is 4.85. The first-order chi connectivity index (χ1) is 19.0.